The molecule has 0 aliphatic rings. The summed E-state index contributed by atoms with van der Waals surface area (Å²) >= 11 is 3.18. The lowest BCUT2D eigenvalue weighted by Gasteiger charge is -2.06. The number of aryl methyl sites for hydroxylation is 1. The first-order chi connectivity index (χ1) is 13.0. The van der Waals surface area contributed by atoms with Gasteiger partial charge in [0.25, 0.3) is 11.6 Å². The molecule has 0 aliphatic carbocycles. The number of para-hydroxylation sites is 1. The van der Waals surface area contributed by atoms with Gasteiger partial charge in [-0.25, -0.2) is 5.43 Å². The molecule has 0 bridgehead atoms. The number of ether oxygens (including phenoxy) is 1. The van der Waals surface area contributed by atoms with E-state index in [1.54, 1.807) is 6.21 Å². The van der Waals surface area contributed by atoms with Crippen LogP contribution in [0.25, 0.3) is 10.9 Å². The van der Waals surface area contributed by atoms with Crippen LogP contribution in [0.1, 0.15) is 5.56 Å². The molecular formula is C18H15BrN4O4. The van der Waals surface area contributed by atoms with Crippen molar-refractivity contribution >= 4 is 44.6 Å². The number of rotatable bonds is 6. The molecule has 2 aromatic carbocycles. The van der Waals surface area contributed by atoms with Gasteiger partial charge < -0.3 is 9.30 Å². The topological polar surface area (TPSA) is 98.8 Å². The minimum Gasteiger partial charge on any atom is -0.483 e. The largest absolute Gasteiger partial charge is 0.483 e. The third-order valence-electron chi connectivity index (χ3n) is 3.81. The molecule has 8 nitrogen and oxygen atoms in total. The number of hydrogen-bond donors (Lipinski definition) is 1. The Bertz CT molecular complexity index is 1050. The van der Waals surface area contributed by atoms with Crippen LogP contribution in [0.4, 0.5) is 5.69 Å². The maximum atomic E-state index is 11.9. The number of nitro benzene ring substituents is 1. The van der Waals surface area contributed by atoms with Crippen molar-refractivity contribution in [1.29, 1.82) is 0 Å². The van der Waals surface area contributed by atoms with Crippen molar-refractivity contribution in [3.05, 3.63) is 68.8 Å². The molecule has 1 aromatic heterocycles. The number of fused-ring (bicyclic) bond motifs is 1. The highest BCUT2D eigenvalue weighted by molar-refractivity contribution is 9.10. The zero-order chi connectivity index (χ0) is 19.4. The average Bonchev–Trinajstić information content (AvgIpc) is 2.97. The smallest absolute Gasteiger partial charge is 0.277 e. The number of aromatic nitrogens is 1. The Kier molecular flexibility index (Phi) is 5.51. The Hall–Kier alpha value is -3.20. The molecule has 3 aromatic rings. The summed E-state index contributed by atoms with van der Waals surface area (Å²) in [5.74, 6) is -0.120. The van der Waals surface area contributed by atoms with Gasteiger partial charge in [0, 0.05) is 41.8 Å². The van der Waals surface area contributed by atoms with Gasteiger partial charge in [-0.3, -0.25) is 14.9 Å². The summed E-state index contributed by atoms with van der Waals surface area (Å²) in [5, 5.41) is 15.7. The quantitative estimate of drug-likeness (QED) is 0.368. The van der Waals surface area contributed by atoms with Crippen LogP contribution in [0, 0.1) is 10.1 Å². The summed E-state index contributed by atoms with van der Waals surface area (Å²) in [5.41, 5.74) is 4.27. The lowest BCUT2D eigenvalue weighted by molar-refractivity contribution is -0.384. The molecule has 0 unspecified atom stereocenters. The molecule has 0 radical (unpaired) electrons. The zero-order valence-corrected chi connectivity index (χ0v) is 15.8. The van der Waals surface area contributed by atoms with Gasteiger partial charge in [0.05, 0.1) is 15.6 Å². The number of nitro groups is 1. The van der Waals surface area contributed by atoms with E-state index in [9.17, 15) is 14.9 Å². The molecule has 1 N–H and O–H groups in total. The van der Waals surface area contributed by atoms with Gasteiger partial charge in [-0.1, -0.05) is 18.2 Å². The van der Waals surface area contributed by atoms with Gasteiger partial charge in [0.2, 0.25) is 0 Å². The van der Waals surface area contributed by atoms with E-state index in [2.05, 4.69) is 26.5 Å². The third-order valence-corrected chi connectivity index (χ3v) is 4.43. The molecular weight excluding hydrogens is 416 g/mol. The molecule has 3 rings (SSSR count). The van der Waals surface area contributed by atoms with Crippen LogP contribution in [0.2, 0.25) is 0 Å². The highest BCUT2D eigenvalue weighted by Gasteiger charge is 2.11. The Balaban J connectivity index is 1.58. The van der Waals surface area contributed by atoms with Crippen LogP contribution >= 0.6 is 15.9 Å². The van der Waals surface area contributed by atoms with Crippen molar-refractivity contribution in [3.63, 3.8) is 0 Å². The number of nitrogens with one attached hydrogen (secondary N) is 1. The molecule has 0 aliphatic heterocycles. The first kappa shape index (κ1) is 18.6. The highest BCUT2D eigenvalue weighted by Crippen LogP contribution is 2.29. The standard InChI is InChI=1S/C18H15BrN4O4/c1-22-10-12(14-4-2-3-5-16(14)22)9-20-21-18(24)11-27-17-7-6-13(23(25)26)8-15(17)19/h2-10H,11H2,1H3,(H,21,24)/b20-9+. The van der Waals surface area contributed by atoms with Crippen molar-refractivity contribution in [2.45, 2.75) is 0 Å². The maximum absolute atomic E-state index is 11.9. The molecule has 27 heavy (non-hydrogen) atoms. The fourth-order valence-corrected chi connectivity index (χ4v) is 3.03. The molecule has 0 fully saturated rings. The minimum absolute atomic E-state index is 0.0710. The minimum atomic E-state index is -0.511. The number of hydrazone groups is 1. The number of benzene rings is 2. The van der Waals surface area contributed by atoms with Crippen molar-refractivity contribution in [1.82, 2.24) is 9.99 Å². The van der Waals surface area contributed by atoms with Gasteiger partial charge in [0.1, 0.15) is 5.75 Å². The van der Waals surface area contributed by atoms with E-state index in [0.717, 1.165) is 16.5 Å². The number of non-ortho nitro benzene ring substituents is 1. The lowest BCUT2D eigenvalue weighted by atomic mass is 10.2. The lowest BCUT2D eigenvalue weighted by Crippen LogP contribution is -2.24. The first-order valence-electron chi connectivity index (χ1n) is 7.88. The second-order valence-electron chi connectivity index (χ2n) is 5.67. The second-order valence-corrected chi connectivity index (χ2v) is 6.52. The van der Waals surface area contributed by atoms with E-state index in [-0.39, 0.29) is 12.3 Å². The van der Waals surface area contributed by atoms with Gasteiger partial charge in [-0.05, 0) is 28.1 Å². The van der Waals surface area contributed by atoms with Crippen molar-refractivity contribution in [2.75, 3.05) is 6.61 Å². The summed E-state index contributed by atoms with van der Waals surface area (Å²) in [6.45, 7) is -0.275. The van der Waals surface area contributed by atoms with E-state index in [1.165, 1.54) is 18.2 Å². The molecule has 0 saturated carbocycles. The molecule has 9 heteroatoms. The molecule has 1 amide bonds. The predicted molar refractivity (Wildman–Crippen MR) is 105 cm³/mol. The van der Waals surface area contributed by atoms with Gasteiger partial charge in [-0.15, -0.1) is 0 Å². The number of carbonyl (C=O) groups excluding carboxylic acids is 1. The molecule has 138 valence electrons. The normalized spacial score (nSPS) is 11.0. The average molecular weight is 431 g/mol. The fourth-order valence-electron chi connectivity index (χ4n) is 2.55. The van der Waals surface area contributed by atoms with Crippen molar-refractivity contribution in [3.8, 4) is 5.75 Å². The van der Waals surface area contributed by atoms with Crippen molar-refractivity contribution < 1.29 is 14.5 Å². The Morgan fingerprint density at radius 1 is 1.37 bits per heavy atom. The number of amides is 1. The Labute approximate surface area is 162 Å². The number of hydrogen-bond acceptors (Lipinski definition) is 5. The zero-order valence-electron chi connectivity index (χ0n) is 14.3. The molecule has 0 atom stereocenters. The van der Waals surface area contributed by atoms with Gasteiger partial charge in [0.15, 0.2) is 6.61 Å². The van der Waals surface area contributed by atoms with E-state index in [0.29, 0.717) is 10.2 Å². The Morgan fingerprint density at radius 3 is 2.89 bits per heavy atom. The van der Waals surface area contributed by atoms with Crippen molar-refractivity contribution in [2.24, 2.45) is 12.1 Å². The highest BCUT2D eigenvalue weighted by atomic mass is 79.9. The number of halogens is 1. The SMILES string of the molecule is Cn1cc(/C=N/NC(=O)COc2ccc([N+](=O)[O-])cc2Br)c2ccccc21. The molecule has 1 heterocycles. The summed E-state index contributed by atoms with van der Waals surface area (Å²) < 4.78 is 7.72. The summed E-state index contributed by atoms with van der Waals surface area (Å²) in [6.07, 6.45) is 3.49. The van der Waals surface area contributed by atoms with E-state index in [1.807, 2.05) is 42.1 Å². The van der Waals surface area contributed by atoms with E-state index >= 15 is 0 Å². The van der Waals surface area contributed by atoms with Crippen LogP contribution < -0.4 is 10.2 Å². The number of nitrogens with zero attached hydrogens (tertiary/aromatic N) is 3. The summed E-state index contributed by atoms with van der Waals surface area (Å²) in [4.78, 5) is 22.1. The summed E-state index contributed by atoms with van der Waals surface area (Å²) in [7, 11) is 1.94. The number of carbonyl (C=O) groups is 1. The van der Waals surface area contributed by atoms with Crippen LogP contribution in [-0.2, 0) is 11.8 Å². The monoisotopic (exact) mass is 430 g/mol. The van der Waals surface area contributed by atoms with Crippen LogP contribution in [0.15, 0.2) is 58.2 Å². The van der Waals surface area contributed by atoms with Gasteiger partial charge in [-0.2, -0.15) is 5.10 Å². The molecule has 0 saturated heterocycles. The fraction of sp³-hybridized carbons (Fsp3) is 0.111. The predicted octanol–water partition coefficient (Wildman–Crippen LogP) is 3.38. The summed E-state index contributed by atoms with van der Waals surface area (Å²) in [6, 6.07) is 11.9. The molecule has 0 spiro atoms. The van der Waals surface area contributed by atoms with Gasteiger partial charge >= 0.3 is 0 Å². The second kappa shape index (κ2) is 8.00. The van der Waals surface area contributed by atoms with E-state index < -0.39 is 10.8 Å². The maximum Gasteiger partial charge on any atom is 0.277 e. The first-order valence-corrected chi connectivity index (χ1v) is 8.67. The van der Waals surface area contributed by atoms with E-state index in [4.69, 9.17) is 4.74 Å². The van der Waals surface area contributed by atoms with Crippen LogP contribution in [0.5, 0.6) is 5.75 Å². The third kappa shape index (κ3) is 4.32. The van der Waals surface area contributed by atoms with Crippen LogP contribution in [0.3, 0.4) is 0 Å². The Morgan fingerprint density at radius 2 is 2.15 bits per heavy atom. The van der Waals surface area contributed by atoms with Crippen LogP contribution in [-0.4, -0.2) is 28.2 Å².